The van der Waals surface area contributed by atoms with Gasteiger partial charge in [0.25, 0.3) is 0 Å². The first-order chi connectivity index (χ1) is 10.3. The molecule has 0 bridgehead atoms. The molecule has 0 saturated carbocycles. The topological polar surface area (TPSA) is 30.5 Å². The Labute approximate surface area is 128 Å². The quantitative estimate of drug-likeness (QED) is 0.777. The minimum Gasteiger partial charge on any atom is -0.501 e. The number of rotatable bonds is 8. The zero-order valence-corrected chi connectivity index (χ0v) is 13.2. The van der Waals surface area contributed by atoms with Crippen LogP contribution < -0.4 is 10.1 Å². The van der Waals surface area contributed by atoms with Crippen LogP contribution in [0.15, 0.2) is 36.1 Å². The van der Waals surface area contributed by atoms with E-state index in [0.29, 0.717) is 0 Å². The Morgan fingerprint density at radius 3 is 2.90 bits per heavy atom. The van der Waals surface area contributed by atoms with Gasteiger partial charge >= 0.3 is 0 Å². The molecule has 0 aromatic heterocycles. The van der Waals surface area contributed by atoms with Gasteiger partial charge in [0.15, 0.2) is 0 Å². The molecule has 1 unspecified atom stereocenters. The van der Waals surface area contributed by atoms with E-state index in [1.54, 1.807) is 0 Å². The summed E-state index contributed by atoms with van der Waals surface area (Å²) < 4.78 is 11.3. The van der Waals surface area contributed by atoms with E-state index in [1.807, 2.05) is 12.3 Å². The van der Waals surface area contributed by atoms with Crippen LogP contribution in [-0.4, -0.2) is 19.8 Å². The first-order valence-electron chi connectivity index (χ1n) is 8.11. The van der Waals surface area contributed by atoms with Crippen molar-refractivity contribution >= 4 is 0 Å². The Morgan fingerprint density at radius 2 is 2.19 bits per heavy atom. The Hall–Kier alpha value is -1.48. The maximum atomic E-state index is 5.76. The molecule has 116 valence electrons. The SMILES string of the molecule is CCCNC(C1=COCCC1)c1cccc(OCCC)c1. The van der Waals surface area contributed by atoms with E-state index < -0.39 is 0 Å². The van der Waals surface area contributed by atoms with Crippen molar-refractivity contribution in [2.75, 3.05) is 19.8 Å². The molecule has 0 amide bonds. The number of ether oxygens (including phenoxy) is 2. The number of benzene rings is 1. The largest absolute Gasteiger partial charge is 0.501 e. The number of nitrogens with one attached hydrogen (secondary N) is 1. The summed E-state index contributed by atoms with van der Waals surface area (Å²) in [6, 6.07) is 8.66. The van der Waals surface area contributed by atoms with Crippen LogP contribution in [0.25, 0.3) is 0 Å². The van der Waals surface area contributed by atoms with Gasteiger partial charge in [0, 0.05) is 0 Å². The van der Waals surface area contributed by atoms with Gasteiger partial charge in [-0.2, -0.15) is 0 Å². The predicted octanol–water partition coefficient (Wildman–Crippen LogP) is 4.21. The second kappa shape index (κ2) is 8.73. The minimum atomic E-state index is 0.232. The summed E-state index contributed by atoms with van der Waals surface area (Å²) in [6.07, 6.45) is 6.29. The lowest BCUT2D eigenvalue weighted by Gasteiger charge is -2.25. The van der Waals surface area contributed by atoms with E-state index in [4.69, 9.17) is 9.47 Å². The van der Waals surface area contributed by atoms with Gasteiger partial charge in [-0.25, -0.2) is 0 Å². The zero-order valence-electron chi connectivity index (χ0n) is 13.2. The van der Waals surface area contributed by atoms with E-state index in [2.05, 4.69) is 37.4 Å². The van der Waals surface area contributed by atoms with Crippen LogP contribution in [-0.2, 0) is 4.74 Å². The second-order valence-corrected chi connectivity index (χ2v) is 5.48. The standard InChI is InChI=1S/C18H27NO2/c1-3-10-19-18(16-8-6-12-20-14-16)15-7-5-9-17(13-15)21-11-4-2/h5,7,9,13-14,18-19H,3-4,6,8,10-12H2,1-2H3. The van der Waals surface area contributed by atoms with Crippen molar-refractivity contribution in [3.63, 3.8) is 0 Å². The van der Waals surface area contributed by atoms with Gasteiger partial charge < -0.3 is 14.8 Å². The highest BCUT2D eigenvalue weighted by Gasteiger charge is 2.19. The van der Waals surface area contributed by atoms with Gasteiger partial charge in [-0.05, 0) is 55.5 Å². The third-order valence-corrected chi connectivity index (χ3v) is 3.60. The fraction of sp³-hybridized carbons (Fsp3) is 0.556. The molecule has 0 radical (unpaired) electrons. The summed E-state index contributed by atoms with van der Waals surface area (Å²) in [6.45, 7) is 6.92. The van der Waals surface area contributed by atoms with Gasteiger partial charge in [0.05, 0.1) is 25.5 Å². The minimum absolute atomic E-state index is 0.232. The molecule has 0 spiro atoms. The smallest absolute Gasteiger partial charge is 0.119 e. The van der Waals surface area contributed by atoms with Crippen molar-refractivity contribution in [2.24, 2.45) is 0 Å². The van der Waals surface area contributed by atoms with Crippen molar-refractivity contribution in [3.8, 4) is 5.75 Å². The second-order valence-electron chi connectivity index (χ2n) is 5.48. The van der Waals surface area contributed by atoms with Crippen molar-refractivity contribution in [3.05, 3.63) is 41.7 Å². The summed E-state index contributed by atoms with van der Waals surface area (Å²) in [5, 5.41) is 3.63. The van der Waals surface area contributed by atoms with Crippen molar-refractivity contribution < 1.29 is 9.47 Å². The van der Waals surface area contributed by atoms with Crippen LogP contribution >= 0.6 is 0 Å². The number of hydrogen-bond donors (Lipinski definition) is 1. The molecule has 21 heavy (non-hydrogen) atoms. The summed E-state index contributed by atoms with van der Waals surface area (Å²) in [4.78, 5) is 0. The van der Waals surface area contributed by atoms with Gasteiger partial charge in [-0.3, -0.25) is 0 Å². The van der Waals surface area contributed by atoms with E-state index in [9.17, 15) is 0 Å². The fourth-order valence-corrected chi connectivity index (χ4v) is 2.55. The van der Waals surface area contributed by atoms with Crippen LogP contribution in [0.1, 0.15) is 51.1 Å². The summed E-state index contributed by atoms with van der Waals surface area (Å²) in [7, 11) is 0. The molecule has 2 rings (SSSR count). The van der Waals surface area contributed by atoms with Gasteiger partial charge in [0.1, 0.15) is 5.75 Å². The molecule has 3 heteroatoms. The van der Waals surface area contributed by atoms with E-state index in [0.717, 1.165) is 51.2 Å². The maximum Gasteiger partial charge on any atom is 0.119 e. The lowest BCUT2D eigenvalue weighted by molar-refractivity contribution is 0.219. The monoisotopic (exact) mass is 289 g/mol. The van der Waals surface area contributed by atoms with Gasteiger partial charge in [-0.15, -0.1) is 0 Å². The molecule has 1 aliphatic heterocycles. The van der Waals surface area contributed by atoms with Crippen molar-refractivity contribution in [1.29, 1.82) is 0 Å². The van der Waals surface area contributed by atoms with Crippen molar-refractivity contribution in [1.82, 2.24) is 5.32 Å². The Morgan fingerprint density at radius 1 is 1.29 bits per heavy atom. The van der Waals surface area contributed by atoms with Gasteiger partial charge in [0.2, 0.25) is 0 Å². The van der Waals surface area contributed by atoms with Crippen LogP contribution in [0.3, 0.4) is 0 Å². The maximum absolute atomic E-state index is 5.76. The highest BCUT2D eigenvalue weighted by Crippen LogP contribution is 2.29. The molecule has 1 aromatic rings. The number of hydrogen-bond acceptors (Lipinski definition) is 3. The molecule has 1 atom stereocenters. The molecular formula is C18H27NO2. The fourth-order valence-electron chi connectivity index (χ4n) is 2.55. The average molecular weight is 289 g/mol. The lowest BCUT2D eigenvalue weighted by Crippen LogP contribution is -2.25. The van der Waals surface area contributed by atoms with Crippen LogP contribution in [0.4, 0.5) is 0 Å². The van der Waals surface area contributed by atoms with E-state index >= 15 is 0 Å². The molecule has 1 N–H and O–H groups in total. The Kier molecular flexibility index (Phi) is 6.61. The van der Waals surface area contributed by atoms with Crippen LogP contribution in [0.2, 0.25) is 0 Å². The third-order valence-electron chi connectivity index (χ3n) is 3.60. The molecule has 0 saturated heterocycles. The predicted molar refractivity (Wildman–Crippen MR) is 86.5 cm³/mol. The Bertz CT molecular complexity index is 456. The molecule has 0 aliphatic carbocycles. The Balaban J connectivity index is 2.16. The molecule has 1 aliphatic rings. The van der Waals surface area contributed by atoms with Crippen LogP contribution in [0, 0.1) is 0 Å². The highest BCUT2D eigenvalue weighted by molar-refractivity contribution is 5.35. The highest BCUT2D eigenvalue weighted by atomic mass is 16.5. The van der Waals surface area contributed by atoms with E-state index in [-0.39, 0.29) is 6.04 Å². The summed E-state index contributed by atoms with van der Waals surface area (Å²) >= 11 is 0. The lowest BCUT2D eigenvalue weighted by atomic mass is 9.95. The summed E-state index contributed by atoms with van der Waals surface area (Å²) in [5.74, 6) is 0.954. The normalized spacial score (nSPS) is 16.0. The van der Waals surface area contributed by atoms with Crippen molar-refractivity contribution in [2.45, 2.75) is 45.6 Å². The molecule has 1 aromatic carbocycles. The third kappa shape index (κ3) is 4.78. The molecule has 3 nitrogen and oxygen atoms in total. The first-order valence-corrected chi connectivity index (χ1v) is 8.11. The first kappa shape index (κ1) is 15.9. The van der Waals surface area contributed by atoms with E-state index in [1.165, 1.54) is 11.1 Å². The average Bonchev–Trinajstić information content (AvgIpc) is 2.55. The van der Waals surface area contributed by atoms with Gasteiger partial charge in [-0.1, -0.05) is 26.0 Å². The molecule has 1 heterocycles. The zero-order chi connectivity index (χ0) is 14.9. The molecule has 0 fully saturated rings. The van der Waals surface area contributed by atoms with Crippen LogP contribution in [0.5, 0.6) is 5.75 Å². The summed E-state index contributed by atoms with van der Waals surface area (Å²) in [5.41, 5.74) is 2.59. The molecular weight excluding hydrogens is 262 g/mol.